The lowest BCUT2D eigenvalue weighted by atomic mass is 10.1. The average molecular weight is 274 g/mol. The predicted octanol–water partition coefficient (Wildman–Crippen LogP) is 3.04. The van der Waals surface area contributed by atoms with Crippen molar-refractivity contribution in [1.29, 1.82) is 0 Å². The van der Waals surface area contributed by atoms with Gasteiger partial charge >= 0.3 is 5.97 Å². The molecule has 0 spiro atoms. The number of carbonyl (C=O) groups is 1. The predicted molar refractivity (Wildman–Crippen MR) is 72.8 cm³/mol. The summed E-state index contributed by atoms with van der Waals surface area (Å²) in [7, 11) is 0. The van der Waals surface area contributed by atoms with Crippen molar-refractivity contribution in [2.45, 2.75) is 19.1 Å². The quantitative estimate of drug-likeness (QED) is 0.880. The van der Waals surface area contributed by atoms with Crippen molar-refractivity contribution in [2.24, 2.45) is 0 Å². The number of carboxylic acid groups (broad SMARTS) is 1. The first-order valence-corrected chi connectivity index (χ1v) is 6.28. The molecular formula is C16H15FO3. The van der Waals surface area contributed by atoms with E-state index in [0.29, 0.717) is 5.56 Å². The molecule has 0 saturated heterocycles. The molecule has 2 aromatic carbocycles. The fraction of sp³-hybridized carbons (Fsp3) is 0.188. The van der Waals surface area contributed by atoms with Crippen molar-refractivity contribution in [3.63, 3.8) is 0 Å². The Labute approximate surface area is 116 Å². The van der Waals surface area contributed by atoms with Crippen molar-refractivity contribution in [3.8, 4) is 0 Å². The summed E-state index contributed by atoms with van der Waals surface area (Å²) >= 11 is 0. The van der Waals surface area contributed by atoms with Crippen LogP contribution >= 0.6 is 0 Å². The molecule has 3 nitrogen and oxygen atoms in total. The Morgan fingerprint density at radius 2 is 1.75 bits per heavy atom. The summed E-state index contributed by atoms with van der Waals surface area (Å²) in [6.07, 6.45) is -1.05. The third-order valence-electron chi connectivity index (χ3n) is 2.93. The maximum absolute atomic E-state index is 13.5. The van der Waals surface area contributed by atoms with Gasteiger partial charge in [-0.25, -0.2) is 9.18 Å². The maximum atomic E-state index is 13.5. The third kappa shape index (κ3) is 3.90. The minimum atomic E-state index is -1.09. The van der Waals surface area contributed by atoms with Crippen LogP contribution in [0.5, 0.6) is 0 Å². The Morgan fingerprint density at radius 1 is 1.10 bits per heavy atom. The van der Waals surface area contributed by atoms with E-state index in [9.17, 15) is 9.18 Å². The Morgan fingerprint density at radius 3 is 2.40 bits per heavy atom. The molecule has 0 saturated carbocycles. The van der Waals surface area contributed by atoms with Crippen LogP contribution in [0.2, 0.25) is 0 Å². The minimum Gasteiger partial charge on any atom is -0.479 e. The summed E-state index contributed by atoms with van der Waals surface area (Å²) in [5.41, 5.74) is 1.22. The fourth-order valence-electron chi connectivity index (χ4n) is 1.85. The molecule has 1 atom stereocenters. The number of hydrogen-bond donors (Lipinski definition) is 1. The van der Waals surface area contributed by atoms with E-state index in [4.69, 9.17) is 9.84 Å². The van der Waals surface area contributed by atoms with E-state index in [-0.39, 0.29) is 13.0 Å². The summed E-state index contributed by atoms with van der Waals surface area (Å²) in [6, 6.07) is 15.4. The molecule has 0 aliphatic carbocycles. The normalized spacial score (nSPS) is 12.1. The van der Waals surface area contributed by atoms with Crippen molar-refractivity contribution in [3.05, 3.63) is 71.5 Å². The highest BCUT2D eigenvalue weighted by molar-refractivity contribution is 5.72. The molecule has 20 heavy (non-hydrogen) atoms. The Hall–Kier alpha value is -2.20. The number of aliphatic carboxylic acids is 1. The van der Waals surface area contributed by atoms with Crippen LogP contribution in [0.1, 0.15) is 11.1 Å². The van der Waals surface area contributed by atoms with Gasteiger partial charge in [-0.2, -0.15) is 0 Å². The van der Waals surface area contributed by atoms with Crippen LogP contribution in [-0.2, 0) is 22.6 Å². The van der Waals surface area contributed by atoms with E-state index in [1.54, 1.807) is 18.2 Å². The number of ether oxygens (including phenoxy) is 1. The van der Waals surface area contributed by atoms with Crippen LogP contribution in [0.25, 0.3) is 0 Å². The van der Waals surface area contributed by atoms with Gasteiger partial charge in [0.2, 0.25) is 0 Å². The zero-order valence-electron chi connectivity index (χ0n) is 10.8. The number of rotatable bonds is 6. The lowest BCUT2D eigenvalue weighted by Gasteiger charge is -2.14. The highest BCUT2D eigenvalue weighted by atomic mass is 19.1. The lowest BCUT2D eigenvalue weighted by Crippen LogP contribution is -2.26. The van der Waals surface area contributed by atoms with Crippen LogP contribution in [-0.4, -0.2) is 17.2 Å². The zero-order chi connectivity index (χ0) is 14.4. The summed E-state index contributed by atoms with van der Waals surface area (Å²) in [5.74, 6) is -1.51. The van der Waals surface area contributed by atoms with Crippen LogP contribution in [0.3, 0.4) is 0 Å². The molecule has 0 bridgehead atoms. The van der Waals surface area contributed by atoms with Gasteiger partial charge in [-0.3, -0.25) is 0 Å². The van der Waals surface area contributed by atoms with Gasteiger partial charge in [0, 0.05) is 6.42 Å². The van der Waals surface area contributed by atoms with Gasteiger partial charge in [0.15, 0.2) is 6.10 Å². The van der Waals surface area contributed by atoms with Gasteiger partial charge < -0.3 is 9.84 Å². The molecular weight excluding hydrogens is 259 g/mol. The van der Waals surface area contributed by atoms with Crippen LogP contribution in [0.15, 0.2) is 54.6 Å². The van der Waals surface area contributed by atoms with E-state index < -0.39 is 17.9 Å². The zero-order valence-corrected chi connectivity index (χ0v) is 10.8. The summed E-state index contributed by atoms with van der Waals surface area (Å²) in [4.78, 5) is 11.2. The van der Waals surface area contributed by atoms with Crippen LogP contribution in [0, 0.1) is 5.82 Å². The Balaban J connectivity index is 2.01. The summed E-state index contributed by atoms with van der Waals surface area (Å²) < 4.78 is 18.9. The largest absolute Gasteiger partial charge is 0.479 e. The van der Waals surface area contributed by atoms with E-state index in [1.807, 2.05) is 30.3 Å². The standard InChI is InChI=1S/C16H15FO3/c17-14-9-5-4-8-13(14)10-15(16(18)19)20-11-12-6-2-1-3-7-12/h1-9,15H,10-11H2,(H,18,19)/t15-/m0/s1. The minimum absolute atomic E-state index is 0.00877. The fourth-order valence-corrected chi connectivity index (χ4v) is 1.85. The SMILES string of the molecule is O=C(O)[C@H](Cc1ccccc1F)OCc1ccccc1. The van der Waals surface area contributed by atoms with Crippen molar-refractivity contribution in [2.75, 3.05) is 0 Å². The molecule has 1 N–H and O–H groups in total. The van der Waals surface area contributed by atoms with E-state index in [0.717, 1.165) is 5.56 Å². The summed E-state index contributed by atoms with van der Waals surface area (Å²) in [5, 5.41) is 9.16. The first-order chi connectivity index (χ1) is 9.66. The van der Waals surface area contributed by atoms with E-state index in [1.165, 1.54) is 6.07 Å². The molecule has 2 aromatic rings. The first kappa shape index (κ1) is 14.2. The maximum Gasteiger partial charge on any atom is 0.333 e. The Kier molecular flexibility index (Phi) is 4.85. The molecule has 0 radical (unpaired) electrons. The van der Waals surface area contributed by atoms with Crippen molar-refractivity contribution in [1.82, 2.24) is 0 Å². The van der Waals surface area contributed by atoms with Gasteiger partial charge in [0.05, 0.1) is 6.61 Å². The number of halogens is 1. The lowest BCUT2D eigenvalue weighted by molar-refractivity contribution is -0.151. The van der Waals surface area contributed by atoms with Gasteiger partial charge in [-0.15, -0.1) is 0 Å². The highest BCUT2D eigenvalue weighted by Gasteiger charge is 2.20. The average Bonchev–Trinajstić information content (AvgIpc) is 2.46. The van der Waals surface area contributed by atoms with E-state index >= 15 is 0 Å². The van der Waals surface area contributed by atoms with Gasteiger partial charge in [0.1, 0.15) is 5.82 Å². The van der Waals surface area contributed by atoms with Gasteiger partial charge in [-0.05, 0) is 17.2 Å². The number of hydrogen-bond acceptors (Lipinski definition) is 2. The first-order valence-electron chi connectivity index (χ1n) is 6.28. The van der Waals surface area contributed by atoms with E-state index in [2.05, 4.69) is 0 Å². The molecule has 0 aromatic heterocycles. The monoisotopic (exact) mass is 274 g/mol. The molecule has 0 amide bonds. The summed E-state index contributed by atoms with van der Waals surface area (Å²) in [6.45, 7) is 0.187. The molecule has 0 fully saturated rings. The van der Waals surface area contributed by atoms with Crippen LogP contribution in [0.4, 0.5) is 4.39 Å². The molecule has 2 rings (SSSR count). The second-order valence-corrected chi connectivity index (χ2v) is 4.42. The highest BCUT2D eigenvalue weighted by Crippen LogP contribution is 2.13. The number of carboxylic acids is 1. The second-order valence-electron chi connectivity index (χ2n) is 4.42. The molecule has 104 valence electrons. The topological polar surface area (TPSA) is 46.5 Å². The molecule has 0 unspecified atom stereocenters. The molecule has 0 aliphatic rings. The van der Waals surface area contributed by atoms with Gasteiger partial charge in [0.25, 0.3) is 0 Å². The third-order valence-corrected chi connectivity index (χ3v) is 2.93. The Bertz CT molecular complexity index is 569. The molecule has 4 heteroatoms. The molecule has 0 heterocycles. The smallest absolute Gasteiger partial charge is 0.333 e. The van der Waals surface area contributed by atoms with Crippen LogP contribution < -0.4 is 0 Å². The van der Waals surface area contributed by atoms with Gasteiger partial charge in [-0.1, -0.05) is 48.5 Å². The number of benzene rings is 2. The second kappa shape index (κ2) is 6.82. The van der Waals surface area contributed by atoms with Crippen molar-refractivity contribution >= 4 is 5.97 Å². The molecule has 0 aliphatic heterocycles. The van der Waals surface area contributed by atoms with Crippen molar-refractivity contribution < 1.29 is 19.0 Å².